The highest BCUT2D eigenvalue weighted by atomic mass is 79.9. The molecule has 1 aromatic carbocycles. The Balaban J connectivity index is 0.000000183. The molecule has 0 spiro atoms. The van der Waals surface area contributed by atoms with Crippen molar-refractivity contribution in [2.75, 3.05) is 0 Å². The summed E-state index contributed by atoms with van der Waals surface area (Å²) in [4.78, 5) is 7.92. The SMILES string of the molecule is Br.c1ccc2ncccc2c1.c1cscn1. The molecule has 4 heteroatoms. The first-order valence-electron chi connectivity index (χ1n) is 4.59. The predicted octanol–water partition coefficient (Wildman–Crippen LogP) is 3.96. The molecule has 2 aromatic heterocycles. The number of para-hydroxylation sites is 1. The molecule has 0 saturated heterocycles. The van der Waals surface area contributed by atoms with Crippen molar-refractivity contribution in [2.45, 2.75) is 0 Å². The van der Waals surface area contributed by atoms with Crippen LogP contribution in [0.15, 0.2) is 59.7 Å². The molecule has 2 nitrogen and oxygen atoms in total. The van der Waals surface area contributed by atoms with Crippen LogP contribution in [0.3, 0.4) is 0 Å². The van der Waals surface area contributed by atoms with Gasteiger partial charge in [0, 0.05) is 23.2 Å². The topological polar surface area (TPSA) is 25.8 Å². The summed E-state index contributed by atoms with van der Waals surface area (Å²) in [5.74, 6) is 0. The zero-order chi connectivity index (χ0) is 10.3. The van der Waals surface area contributed by atoms with Crippen LogP contribution in [0.25, 0.3) is 10.9 Å². The van der Waals surface area contributed by atoms with Crippen molar-refractivity contribution in [2.24, 2.45) is 0 Å². The fourth-order valence-corrected chi connectivity index (χ4v) is 1.54. The van der Waals surface area contributed by atoms with Crippen molar-refractivity contribution in [1.29, 1.82) is 0 Å². The lowest BCUT2D eigenvalue weighted by atomic mass is 10.2. The number of benzene rings is 1. The molecule has 2 heterocycles. The highest BCUT2D eigenvalue weighted by molar-refractivity contribution is 8.93. The minimum Gasteiger partial charge on any atom is -0.256 e. The Hall–Kier alpha value is -1.26. The molecule has 0 unspecified atom stereocenters. The maximum Gasteiger partial charge on any atom is 0.0791 e. The van der Waals surface area contributed by atoms with Crippen molar-refractivity contribution in [3.63, 3.8) is 0 Å². The molecular formula is C12H11BrN2S. The van der Waals surface area contributed by atoms with E-state index in [9.17, 15) is 0 Å². The van der Waals surface area contributed by atoms with Crippen LogP contribution in [0.2, 0.25) is 0 Å². The van der Waals surface area contributed by atoms with Crippen LogP contribution in [0, 0.1) is 0 Å². The smallest absolute Gasteiger partial charge is 0.0791 e. The van der Waals surface area contributed by atoms with Gasteiger partial charge in [-0.3, -0.25) is 9.97 Å². The Kier molecular flexibility index (Phi) is 5.67. The summed E-state index contributed by atoms with van der Waals surface area (Å²) >= 11 is 1.60. The zero-order valence-electron chi connectivity index (χ0n) is 8.48. The zero-order valence-corrected chi connectivity index (χ0v) is 11.0. The van der Waals surface area contributed by atoms with Gasteiger partial charge in [-0.25, -0.2) is 0 Å². The van der Waals surface area contributed by atoms with Crippen molar-refractivity contribution in [1.82, 2.24) is 9.97 Å². The lowest BCUT2D eigenvalue weighted by Crippen LogP contribution is -1.73. The summed E-state index contributed by atoms with van der Waals surface area (Å²) in [6.45, 7) is 0. The van der Waals surface area contributed by atoms with Gasteiger partial charge in [0.1, 0.15) is 0 Å². The van der Waals surface area contributed by atoms with Gasteiger partial charge in [0.25, 0.3) is 0 Å². The van der Waals surface area contributed by atoms with Crippen molar-refractivity contribution < 1.29 is 0 Å². The Morgan fingerprint density at radius 2 is 1.75 bits per heavy atom. The average molecular weight is 295 g/mol. The van der Waals surface area contributed by atoms with E-state index in [-0.39, 0.29) is 17.0 Å². The van der Waals surface area contributed by atoms with E-state index in [1.54, 1.807) is 23.0 Å². The highest BCUT2D eigenvalue weighted by Gasteiger charge is 1.86. The number of rotatable bonds is 0. The lowest BCUT2D eigenvalue weighted by Gasteiger charge is -1.91. The predicted molar refractivity (Wildman–Crippen MR) is 74.2 cm³/mol. The quantitative estimate of drug-likeness (QED) is 0.627. The first-order valence-corrected chi connectivity index (χ1v) is 5.53. The van der Waals surface area contributed by atoms with Gasteiger partial charge in [0.05, 0.1) is 11.0 Å². The third-order valence-electron chi connectivity index (χ3n) is 1.86. The van der Waals surface area contributed by atoms with Crippen LogP contribution >= 0.6 is 28.3 Å². The molecule has 0 aliphatic carbocycles. The Morgan fingerprint density at radius 3 is 2.38 bits per heavy atom. The van der Waals surface area contributed by atoms with Crippen LogP contribution in [0.1, 0.15) is 0 Å². The number of halogens is 1. The van der Waals surface area contributed by atoms with E-state index >= 15 is 0 Å². The van der Waals surface area contributed by atoms with Crippen molar-refractivity contribution >= 4 is 39.2 Å². The van der Waals surface area contributed by atoms with E-state index in [4.69, 9.17) is 0 Å². The van der Waals surface area contributed by atoms with Crippen LogP contribution in [0.4, 0.5) is 0 Å². The normalized spacial score (nSPS) is 8.75. The second-order valence-corrected chi connectivity index (χ2v) is 3.63. The summed E-state index contributed by atoms with van der Waals surface area (Å²) < 4.78 is 0. The van der Waals surface area contributed by atoms with E-state index < -0.39 is 0 Å². The van der Waals surface area contributed by atoms with Gasteiger partial charge in [-0.05, 0) is 12.1 Å². The van der Waals surface area contributed by atoms with Gasteiger partial charge in [-0.2, -0.15) is 0 Å². The number of thiazole rings is 1. The average Bonchev–Trinajstić information content (AvgIpc) is 2.88. The second kappa shape index (κ2) is 7.09. The fourth-order valence-electron chi connectivity index (χ4n) is 1.19. The van der Waals surface area contributed by atoms with Gasteiger partial charge in [0.2, 0.25) is 0 Å². The molecule has 0 atom stereocenters. The Morgan fingerprint density at radius 1 is 0.938 bits per heavy atom. The van der Waals surface area contributed by atoms with E-state index in [0.717, 1.165) is 5.52 Å². The number of nitrogens with zero attached hydrogens (tertiary/aromatic N) is 2. The summed E-state index contributed by atoms with van der Waals surface area (Å²) in [6, 6.07) is 12.1. The molecule has 0 bridgehead atoms. The van der Waals surface area contributed by atoms with Crippen molar-refractivity contribution in [3.05, 3.63) is 59.7 Å². The molecule has 0 aliphatic heterocycles. The number of pyridine rings is 1. The number of fused-ring (bicyclic) bond motifs is 1. The molecule has 3 rings (SSSR count). The van der Waals surface area contributed by atoms with E-state index in [2.05, 4.69) is 22.1 Å². The minimum atomic E-state index is 0. The number of hydrogen-bond donors (Lipinski definition) is 0. The minimum absolute atomic E-state index is 0. The van der Waals surface area contributed by atoms with E-state index in [1.807, 2.05) is 35.8 Å². The van der Waals surface area contributed by atoms with Gasteiger partial charge in [0.15, 0.2) is 0 Å². The third kappa shape index (κ3) is 3.72. The molecule has 0 aliphatic rings. The van der Waals surface area contributed by atoms with E-state index in [1.165, 1.54) is 5.39 Å². The summed E-state index contributed by atoms with van der Waals surface area (Å²) in [6.07, 6.45) is 3.58. The first kappa shape index (κ1) is 12.8. The molecule has 0 amide bonds. The van der Waals surface area contributed by atoms with Gasteiger partial charge >= 0.3 is 0 Å². The maximum atomic E-state index is 4.18. The monoisotopic (exact) mass is 294 g/mol. The molecule has 0 radical (unpaired) electrons. The standard InChI is InChI=1S/C9H7N.C3H3NS.BrH/c1-2-6-9-8(4-1)5-3-7-10-9;1-2-5-3-4-1;/h1-7H;1-3H;1H. The number of hydrogen-bond acceptors (Lipinski definition) is 3. The fraction of sp³-hybridized carbons (Fsp3) is 0. The molecule has 0 saturated carbocycles. The van der Waals surface area contributed by atoms with Crippen molar-refractivity contribution in [3.8, 4) is 0 Å². The first-order chi connectivity index (χ1) is 7.47. The second-order valence-electron chi connectivity index (χ2n) is 2.87. The number of aromatic nitrogens is 2. The molecule has 0 fully saturated rings. The lowest BCUT2D eigenvalue weighted by molar-refractivity contribution is 1.41. The largest absolute Gasteiger partial charge is 0.256 e. The van der Waals surface area contributed by atoms with Crippen LogP contribution in [-0.4, -0.2) is 9.97 Å². The molecular weight excluding hydrogens is 284 g/mol. The Bertz CT molecular complexity index is 428. The van der Waals surface area contributed by atoms with Gasteiger partial charge in [-0.15, -0.1) is 28.3 Å². The summed E-state index contributed by atoms with van der Waals surface area (Å²) in [5.41, 5.74) is 2.85. The third-order valence-corrected chi connectivity index (χ3v) is 2.38. The van der Waals surface area contributed by atoms with Crippen LogP contribution < -0.4 is 0 Å². The molecule has 82 valence electrons. The summed E-state index contributed by atoms with van der Waals surface area (Å²) in [7, 11) is 0. The Labute approximate surface area is 109 Å². The highest BCUT2D eigenvalue weighted by Crippen LogP contribution is 2.07. The van der Waals surface area contributed by atoms with Gasteiger partial charge in [-0.1, -0.05) is 24.3 Å². The molecule has 0 N–H and O–H groups in total. The van der Waals surface area contributed by atoms with Crippen LogP contribution in [0.5, 0.6) is 0 Å². The molecule has 16 heavy (non-hydrogen) atoms. The maximum absolute atomic E-state index is 4.18. The van der Waals surface area contributed by atoms with Crippen LogP contribution in [-0.2, 0) is 0 Å². The van der Waals surface area contributed by atoms with Gasteiger partial charge < -0.3 is 0 Å². The molecule has 3 aromatic rings. The summed E-state index contributed by atoms with van der Waals surface area (Å²) in [5, 5.41) is 3.13. The van der Waals surface area contributed by atoms with E-state index in [0.29, 0.717) is 0 Å².